The van der Waals surface area contributed by atoms with Crippen molar-refractivity contribution in [1.29, 1.82) is 0 Å². The van der Waals surface area contributed by atoms with Crippen LogP contribution in [0.5, 0.6) is 5.75 Å². The third-order valence-electron chi connectivity index (χ3n) is 4.52. The predicted molar refractivity (Wildman–Crippen MR) is 96.0 cm³/mol. The summed E-state index contributed by atoms with van der Waals surface area (Å²) >= 11 is 0. The Morgan fingerprint density at radius 3 is 2.24 bits per heavy atom. The molecule has 154 valence electrons. The summed E-state index contributed by atoms with van der Waals surface area (Å²) in [6, 6.07) is 10.1. The predicted octanol–water partition coefficient (Wildman–Crippen LogP) is 1.17. The Morgan fingerprint density at radius 2 is 1.59 bits per heavy atom. The average Bonchev–Trinajstić information content (AvgIpc) is 2.84. The molecule has 0 spiro atoms. The van der Waals surface area contributed by atoms with Gasteiger partial charge in [0.25, 0.3) is 0 Å². The van der Waals surface area contributed by atoms with Crippen LogP contribution in [0.25, 0.3) is 10.8 Å². The highest BCUT2D eigenvalue weighted by Gasteiger charge is 2.49. The number of amides is 4. The van der Waals surface area contributed by atoms with Crippen LogP contribution in [0, 0.1) is 0 Å². The first-order valence-corrected chi connectivity index (χ1v) is 8.71. The third-order valence-corrected chi connectivity index (χ3v) is 4.52. The summed E-state index contributed by atoms with van der Waals surface area (Å²) in [5, 5.41) is 1.94. The summed E-state index contributed by atoms with van der Waals surface area (Å²) in [6.45, 7) is -1.61. The normalized spacial score (nSPS) is 16.1. The van der Waals surface area contributed by atoms with Crippen molar-refractivity contribution in [2.45, 2.75) is 12.7 Å². The summed E-state index contributed by atoms with van der Waals surface area (Å²) in [5.41, 5.74) is 0.901. The van der Waals surface area contributed by atoms with Gasteiger partial charge >= 0.3 is 24.0 Å². The quantitative estimate of drug-likeness (QED) is 0.574. The summed E-state index contributed by atoms with van der Waals surface area (Å²) in [5.74, 6) is -1.98. The van der Waals surface area contributed by atoms with Gasteiger partial charge in [-0.15, -0.1) is 0 Å². The number of quaternary nitrogens is 1. The molecule has 0 saturated carbocycles. The molecule has 1 aliphatic rings. The summed E-state index contributed by atoms with van der Waals surface area (Å²) in [6.07, 6.45) is -4.77. The number of nitrogens with zero attached hydrogens (tertiary/aromatic N) is 2. The maximum Gasteiger partial charge on any atom is 0.406 e. The molecule has 7 nitrogen and oxygen atoms in total. The highest BCUT2D eigenvalue weighted by molar-refractivity contribution is 6.44. The van der Waals surface area contributed by atoms with E-state index < -0.39 is 30.6 Å². The number of benzene rings is 2. The number of rotatable bonds is 6. The zero-order valence-electron chi connectivity index (χ0n) is 15.7. The zero-order chi connectivity index (χ0) is 21.3. The molecule has 1 atom stereocenters. The van der Waals surface area contributed by atoms with E-state index >= 15 is 0 Å². The first-order valence-electron chi connectivity index (χ1n) is 8.71. The monoisotopic (exact) mass is 410 g/mol. The highest BCUT2D eigenvalue weighted by Crippen LogP contribution is 2.22. The molecule has 1 unspecified atom stereocenters. The van der Waals surface area contributed by atoms with Gasteiger partial charge in [0.2, 0.25) is 0 Å². The molecular weight excluding hydrogens is 391 g/mol. The number of ether oxygens (including phenoxy) is 1. The molecule has 0 aliphatic carbocycles. The maximum atomic E-state index is 12.5. The molecule has 4 amide bonds. The Balaban J connectivity index is 1.69. The minimum atomic E-state index is -4.77. The fourth-order valence-electron chi connectivity index (χ4n) is 3.19. The molecule has 10 heteroatoms. The molecule has 1 saturated heterocycles. The lowest BCUT2D eigenvalue weighted by molar-refractivity contribution is -0.901. The van der Waals surface area contributed by atoms with Crippen LogP contribution < -0.4 is 9.64 Å². The van der Waals surface area contributed by atoms with Gasteiger partial charge in [-0.25, -0.2) is 14.6 Å². The second-order valence-electron chi connectivity index (χ2n) is 6.86. The summed E-state index contributed by atoms with van der Waals surface area (Å²) in [7, 11) is 3.26. The number of carbonyl (C=O) groups excluding carboxylic acids is 3. The fraction of sp³-hybridized carbons (Fsp3) is 0.316. The molecule has 1 aliphatic heterocycles. The Labute approximate surface area is 164 Å². The highest BCUT2D eigenvalue weighted by atomic mass is 19.4. The SMILES string of the molecule is COc1ccc2cc(C[NH+](C)CN3C(=O)C(=O)N(CC(F)(F)F)C3=O)ccc2c1. The Hall–Kier alpha value is -3.14. The number of alkyl halides is 3. The maximum absolute atomic E-state index is 12.5. The van der Waals surface area contributed by atoms with Gasteiger partial charge in [0.1, 0.15) is 18.8 Å². The van der Waals surface area contributed by atoms with E-state index in [0.717, 1.165) is 22.1 Å². The minimum Gasteiger partial charge on any atom is -0.497 e. The molecule has 2 aromatic rings. The number of imide groups is 2. The lowest BCUT2D eigenvalue weighted by Crippen LogP contribution is -3.09. The molecule has 1 heterocycles. The topological polar surface area (TPSA) is 71.4 Å². The first-order chi connectivity index (χ1) is 13.6. The molecule has 29 heavy (non-hydrogen) atoms. The second-order valence-corrected chi connectivity index (χ2v) is 6.86. The largest absolute Gasteiger partial charge is 0.497 e. The van der Waals surface area contributed by atoms with Crippen LogP contribution in [-0.4, -0.2) is 61.2 Å². The zero-order valence-corrected chi connectivity index (χ0v) is 15.7. The van der Waals surface area contributed by atoms with Crippen LogP contribution in [0.15, 0.2) is 36.4 Å². The van der Waals surface area contributed by atoms with Crippen molar-refractivity contribution in [3.63, 3.8) is 0 Å². The number of halogens is 3. The number of carbonyl (C=O) groups is 3. The lowest BCUT2D eigenvalue weighted by atomic mass is 10.1. The van der Waals surface area contributed by atoms with Crippen LogP contribution in [0.2, 0.25) is 0 Å². The van der Waals surface area contributed by atoms with Gasteiger partial charge in [0.15, 0.2) is 6.67 Å². The van der Waals surface area contributed by atoms with Gasteiger partial charge in [0, 0.05) is 5.56 Å². The van der Waals surface area contributed by atoms with Gasteiger partial charge in [-0.05, 0) is 29.0 Å². The summed E-state index contributed by atoms with van der Waals surface area (Å²) in [4.78, 5) is 36.9. The van der Waals surface area contributed by atoms with Crippen LogP contribution in [0.3, 0.4) is 0 Å². The molecule has 3 rings (SSSR count). The lowest BCUT2D eigenvalue weighted by Gasteiger charge is -2.20. The van der Waals surface area contributed by atoms with Crippen molar-refractivity contribution in [2.75, 3.05) is 27.4 Å². The van der Waals surface area contributed by atoms with E-state index in [1.165, 1.54) is 0 Å². The Bertz CT molecular complexity index is 977. The number of methoxy groups -OCH3 is 1. The smallest absolute Gasteiger partial charge is 0.406 e. The van der Waals surface area contributed by atoms with E-state index in [2.05, 4.69) is 0 Å². The Morgan fingerprint density at radius 1 is 0.966 bits per heavy atom. The Kier molecular flexibility index (Phi) is 5.47. The van der Waals surface area contributed by atoms with Crippen LogP contribution in [-0.2, 0) is 16.1 Å². The number of urea groups is 1. The van der Waals surface area contributed by atoms with Crippen molar-refractivity contribution in [3.8, 4) is 5.75 Å². The number of fused-ring (bicyclic) bond motifs is 1. The van der Waals surface area contributed by atoms with Crippen LogP contribution >= 0.6 is 0 Å². The van der Waals surface area contributed by atoms with E-state index in [-0.39, 0.29) is 11.6 Å². The minimum absolute atomic E-state index is 0.0704. The third kappa shape index (κ3) is 4.48. The van der Waals surface area contributed by atoms with Gasteiger partial charge in [0.05, 0.1) is 14.2 Å². The van der Waals surface area contributed by atoms with Gasteiger partial charge < -0.3 is 9.64 Å². The molecule has 0 bridgehead atoms. The molecule has 2 aromatic carbocycles. The average molecular weight is 410 g/mol. The van der Waals surface area contributed by atoms with Gasteiger partial charge in [-0.3, -0.25) is 9.59 Å². The second kappa shape index (κ2) is 7.70. The van der Waals surface area contributed by atoms with Crippen molar-refractivity contribution < 1.29 is 37.2 Å². The van der Waals surface area contributed by atoms with Gasteiger partial charge in [-0.2, -0.15) is 13.2 Å². The molecule has 0 aromatic heterocycles. The fourth-order valence-corrected chi connectivity index (χ4v) is 3.19. The van der Waals surface area contributed by atoms with Crippen molar-refractivity contribution in [3.05, 3.63) is 42.0 Å². The molecular formula is C19H19F3N3O4+. The standard InChI is InChI=1S/C19H18F3N3O4/c1-23(9-12-3-4-14-8-15(29-2)6-5-13(14)7-12)11-25-17(27)16(26)24(18(25)28)10-19(20,21)22/h3-8H,9-11H2,1-2H3/p+1. The summed E-state index contributed by atoms with van der Waals surface area (Å²) < 4.78 is 42.8. The van der Waals surface area contributed by atoms with E-state index in [1.807, 2.05) is 36.4 Å². The van der Waals surface area contributed by atoms with E-state index in [9.17, 15) is 27.6 Å². The first kappa shape index (κ1) is 20.6. The van der Waals surface area contributed by atoms with Crippen molar-refractivity contribution in [2.24, 2.45) is 0 Å². The molecule has 1 fully saturated rings. The van der Waals surface area contributed by atoms with Crippen LogP contribution in [0.1, 0.15) is 5.56 Å². The number of hydrogen-bond acceptors (Lipinski definition) is 4. The van der Waals surface area contributed by atoms with Crippen LogP contribution in [0.4, 0.5) is 18.0 Å². The van der Waals surface area contributed by atoms with Crippen molar-refractivity contribution >= 4 is 28.6 Å². The van der Waals surface area contributed by atoms with Gasteiger partial charge in [-0.1, -0.05) is 18.2 Å². The van der Waals surface area contributed by atoms with E-state index in [1.54, 1.807) is 14.2 Å². The van der Waals surface area contributed by atoms with E-state index in [0.29, 0.717) is 16.3 Å². The molecule has 1 N–H and O–H groups in total. The number of hydrogen-bond donors (Lipinski definition) is 1. The molecule has 0 radical (unpaired) electrons. The van der Waals surface area contributed by atoms with E-state index in [4.69, 9.17) is 4.74 Å². The number of nitrogens with one attached hydrogen (secondary N) is 1. The van der Waals surface area contributed by atoms with Crippen molar-refractivity contribution in [1.82, 2.24) is 9.80 Å².